The van der Waals surface area contributed by atoms with Crippen LogP contribution in [0.1, 0.15) is 38.5 Å². The van der Waals surface area contributed by atoms with E-state index >= 15 is 0 Å². The summed E-state index contributed by atoms with van der Waals surface area (Å²) in [6.45, 7) is 0.844. The molecular formula is C18H26ClN3O4S. The number of carbonyl (C=O) groups is 1. The van der Waals surface area contributed by atoms with E-state index in [1.807, 2.05) is 0 Å². The van der Waals surface area contributed by atoms with Crippen LogP contribution in [0.15, 0.2) is 18.3 Å². The van der Waals surface area contributed by atoms with E-state index in [1.165, 1.54) is 10.6 Å². The predicted octanol–water partition coefficient (Wildman–Crippen LogP) is 2.21. The molecule has 7 nitrogen and oxygen atoms in total. The first-order valence-electron chi connectivity index (χ1n) is 9.35. The van der Waals surface area contributed by atoms with Gasteiger partial charge in [-0.25, -0.2) is 17.7 Å². The van der Waals surface area contributed by atoms with Gasteiger partial charge < -0.3 is 10.1 Å². The average molecular weight is 416 g/mol. The van der Waals surface area contributed by atoms with Crippen LogP contribution in [0, 0.1) is 5.92 Å². The van der Waals surface area contributed by atoms with E-state index < -0.39 is 10.0 Å². The summed E-state index contributed by atoms with van der Waals surface area (Å²) in [6.07, 6.45) is 7.51. The molecule has 150 valence electrons. The van der Waals surface area contributed by atoms with Crippen molar-refractivity contribution in [2.24, 2.45) is 5.92 Å². The molecule has 0 aromatic carbocycles. The first kappa shape index (κ1) is 20.4. The normalized spacial score (nSPS) is 25.1. The Kier molecular flexibility index (Phi) is 6.60. The Bertz CT molecular complexity index is 740. The first-order valence-corrected chi connectivity index (χ1v) is 11.6. The second-order valence-electron chi connectivity index (χ2n) is 7.35. The third-order valence-electron chi connectivity index (χ3n) is 5.30. The summed E-state index contributed by atoms with van der Waals surface area (Å²) in [5, 5.41) is 3.72. The maximum atomic E-state index is 12.5. The number of hydrogen-bond donors (Lipinski definition) is 1. The van der Waals surface area contributed by atoms with Gasteiger partial charge in [-0.2, -0.15) is 0 Å². The number of amides is 1. The zero-order valence-electron chi connectivity index (χ0n) is 15.4. The third kappa shape index (κ3) is 5.80. The molecule has 2 heterocycles. The van der Waals surface area contributed by atoms with Gasteiger partial charge in [0, 0.05) is 37.3 Å². The van der Waals surface area contributed by atoms with Crippen LogP contribution in [0.5, 0.6) is 5.88 Å². The van der Waals surface area contributed by atoms with Crippen LogP contribution in [0.3, 0.4) is 0 Å². The summed E-state index contributed by atoms with van der Waals surface area (Å²) in [5.74, 6) is 0.520. The predicted molar refractivity (Wildman–Crippen MR) is 103 cm³/mol. The number of piperidine rings is 1. The molecule has 1 aliphatic carbocycles. The van der Waals surface area contributed by atoms with E-state index in [-0.39, 0.29) is 24.0 Å². The highest BCUT2D eigenvalue weighted by Crippen LogP contribution is 2.25. The maximum absolute atomic E-state index is 12.5. The van der Waals surface area contributed by atoms with Crippen molar-refractivity contribution < 1.29 is 17.9 Å². The summed E-state index contributed by atoms with van der Waals surface area (Å²) in [7, 11) is -3.16. The molecule has 1 aromatic rings. The zero-order chi connectivity index (χ0) is 19.4. The summed E-state index contributed by atoms with van der Waals surface area (Å²) in [5.41, 5.74) is 0. The van der Waals surface area contributed by atoms with Crippen molar-refractivity contribution in [3.8, 4) is 5.88 Å². The minimum Gasteiger partial charge on any atom is -0.474 e. The maximum Gasteiger partial charge on any atom is 0.223 e. The Morgan fingerprint density at radius 2 is 1.85 bits per heavy atom. The van der Waals surface area contributed by atoms with Gasteiger partial charge in [-0.3, -0.25) is 4.79 Å². The fourth-order valence-electron chi connectivity index (χ4n) is 3.70. The van der Waals surface area contributed by atoms with Crippen LogP contribution in [-0.2, 0) is 14.8 Å². The van der Waals surface area contributed by atoms with E-state index in [4.69, 9.17) is 16.3 Å². The number of hydrogen-bond acceptors (Lipinski definition) is 5. The van der Waals surface area contributed by atoms with Gasteiger partial charge in [-0.1, -0.05) is 11.6 Å². The zero-order valence-corrected chi connectivity index (χ0v) is 17.0. The minimum atomic E-state index is -3.16. The molecule has 1 saturated heterocycles. The Hall–Kier alpha value is -1.38. The van der Waals surface area contributed by atoms with E-state index in [9.17, 15) is 13.2 Å². The van der Waals surface area contributed by atoms with Gasteiger partial charge in [-0.05, 0) is 44.6 Å². The molecule has 0 radical (unpaired) electrons. The lowest BCUT2D eigenvalue weighted by molar-refractivity contribution is -0.127. The Morgan fingerprint density at radius 3 is 2.41 bits per heavy atom. The molecule has 1 amide bonds. The monoisotopic (exact) mass is 415 g/mol. The molecule has 2 fully saturated rings. The number of rotatable bonds is 5. The van der Waals surface area contributed by atoms with Gasteiger partial charge in [0.05, 0.1) is 11.3 Å². The van der Waals surface area contributed by atoms with E-state index in [0.29, 0.717) is 36.8 Å². The third-order valence-corrected chi connectivity index (χ3v) is 6.83. The van der Waals surface area contributed by atoms with Gasteiger partial charge in [-0.15, -0.1) is 0 Å². The highest BCUT2D eigenvalue weighted by molar-refractivity contribution is 7.88. The molecule has 0 spiro atoms. The highest BCUT2D eigenvalue weighted by atomic mass is 35.5. The second-order valence-corrected chi connectivity index (χ2v) is 9.77. The second kappa shape index (κ2) is 8.75. The first-order chi connectivity index (χ1) is 12.8. The van der Waals surface area contributed by atoms with Crippen molar-refractivity contribution in [2.45, 2.75) is 50.7 Å². The van der Waals surface area contributed by atoms with Crippen molar-refractivity contribution in [3.63, 3.8) is 0 Å². The molecule has 0 bridgehead atoms. The molecule has 1 saturated carbocycles. The molecule has 3 rings (SSSR count). The van der Waals surface area contributed by atoms with Crippen molar-refractivity contribution in [2.75, 3.05) is 19.3 Å². The van der Waals surface area contributed by atoms with Crippen LogP contribution in [0.2, 0.25) is 5.02 Å². The number of sulfonamides is 1. The average Bonchev–Trinajstić information content (AvgIpc) is 2.64. The Labute approximate surface area is 165 Å². The van der Waals surface area contributed by atoms with Crippen molar-refractivity contribution >= 4 is 27.5 Å². The summed E-state index contributed by atoms with van der Waals surface area (Å²) in [6, 6.07) is 3.67. The molecular weight excluding hydrogens is 390 g/mol. The largest absolute Gasteiger partial charge is 0.474 e. The quantitative estimate of drug-likeness (QED) is 0.796. The Balaban J connectivity index is 1.40. The molecule has 2 aliphatic rings. The standard InChI is InChI=1S/C18H26ClN3O4S/c1-27(24,25)22-10-8-13(9-11-22)18(23)21-15-3-5-16(6-4-15)26-17-7-2-14(19)12-20-17/h2,7,12-13,15-16H,3-6,8-11H2,1H3,(H,21,23). The summed E-state index contributed by atoms with van der Waals surface area (Å²) in [4.78, 5) is 16.6. The van der Waals surface area contributed by atoms with Gasteiger partial charge in [0.15, 0.2) is 0 Å². The molecule has 1 aromatic heterocycles. The van der Waals surface area contributed by atoms with Gasteiger partial charge in [0.25, 0.3) is 0 Å². The van der Waals surface area contributed by atoms with Gasteiger partial charge in [0.1, 0.15) is 6.10 Å². The lowest BCUT2D eigenvalue weighted by Gasteiger charge is -2.33. The SMILES string of the molecule is CS(=O)(=O)N1CCC(C(=O)NC2CCC(Oc3ccc(Cl)cn3)CC2)CC1. The lowest BCUT2D eigenvalue weighted by Crippen LogP contribution is -2.46. The lowest BCUT2D eigenvalue weighted by atomic mass is 9.91. The van der Waals surface area contributed by atoms with Gasteiger partial charge >= 0.3 is 0 Å². The fraction of sp³-hybridized carbons (Fsp3) is 0.667. The summed E-state index contributed by atoms with van der Waals surface area (Å²) >= 11 is 5.83. The van der Waals surface area contributed by atoms with Crippen LogP contribution in [-0.4, -0.2) is 55.1 Å². The van der Waals surface area contributed by atoms with Crippen molar-refractivity contribution in [1.82, 2.24) is 14.6 Å². The molecule has 0 unspecified atom stereocenters. The number of ether oxygens (including phenoxy) is 1. The van der Waals surface area contributed by atoms with Crippen molar-refractivity contribution in [3.05, 3.63) is 23.4 Å². The molecule has 0 atom stereocenters. The number of carbonyl (C=O) groups excluding carboxylic acids is 1. The smallest absolute Gasteiger partial charge is 0.223 e. The van der Waals surface area contributed by atoms with Crippen LogP contribution in [0.4, 0.5) is 0 Å². The van der Waals surface area contributed by atoms with Crippen LogP contribution >= 0.6 is 11.6 Å². The van der Waals surface area contributed by atoms with Crippen LogP contribution in [0.25, 0.3) is 0 Å². The highest BCUT2D eigenvalue weighted by Gasteiger charge is 2.31. The minimum absolute atomic E-state index is 0.0480. The molecule has 27 heavy (non-hydrogen) atoms. The number of nitrogens with zero attached hydrogens (tertiary/aromatic N) is 2. The molecule has 1 N–H and O–H groups in total. The van der Waals surface area contributed by atoms with E-state index in [0.717, 1.165) is 25.7 Å². The number of aromatic nitrogens is 1. The van der Waals surface area contributed by atoms with E-state index in [2.05, 4.69) is 10.3 Å². The van der Waals surface area contributed by atoms with Gasteiger partial charge in [0.2, 0.25) is 21.8 Å². The Morgan fingerprint density at radius 1 is 1.19 bits per heavy atom. The number of nitrogens with one attached hydrogen (secondary N) is 1. The van der Waals surface area contributed by atoms with Crippen molar-refractivity contribution in [1.29, 1.82) is 0 Å². The van der Waals surface area contributed by atoms with E-state index in [1.54, 1.807) is 18.3 Å². The topological polar surface area (TPSA) is 88.6 Å². The molecule has 1 aliphatic heterocycles. The number of halogens is 1. The fourth-order valence-corrected chi connectivity index (χ4v) is 4.68. The summed E-state index contributed by atoms with van der Waals surface area (Å²) < 4.78 is 30.4. The van der Waals surface area contributed by atoms with Crippen LogP contribution < -0.4 is 10.1 Å². The number of pyridine rings is 1. The molecule has 9 heteroatoms.